The molecule has 3 heterocycles. The van der Waals surface area contributed by atoms with Crippen molar-refractivity contribution in [1.82, 2.24) is 9.97 Å². The third-order valence-electron chi connectivity index (χ3n) is 8.51. The maximum absolute atomic E-state index is 5.46. The summed E-state index contributed by atoms with van der Waals surface area (Å²) < 4.78 is 0. The molecule has 0 saturated carbocycles. The third kappa shape index (κ3) is 4.44. The fourth-order valence-corrected chi connectivity index (χ4v) is 6.15. The van der Waals surface area contributed by atoms with Crippen LogP contribution in [0.5, 0.6) is 0 Å². The van der Waals surface area contributed by atoms with Crippen LogP contribution in [0.15, 0.2) is 109 Å². The van der Waals surface area contributed by atoms with Crippen molar-refractivity contribution in [3.63, 3.8) is 0 Å². The van der Waals surface area contributed by atoms with Crippen LogP contribution in [-0.2, 0) is 16.2 Å². The molecule has 1 aliphatic rings. The highest BCUT2D eigenvalue weighted by Gasteiger charge is 2.48. The van der Waals surface area contributed by atoms with Gasteiger partial charge in [-0.05, 0) is 69.5 Å². The number of hydrogen-bond donors (Lipinski definition) is 0. The lowest BCUT2D eigenvalue weighted by atomic mass is 9.64. The van der Waals surface area contributed by atoms with E-state index < -0.39 is 5.41 Å². The van der Waals surface area contributed by atoms with Crippen molar-refractivity contribution in [2.45, 2.75) is 57.8 Å². The van der Waals surface area contributed by atoms with Crippen LogP contribution in [0.1, 0.15) is 75.2 Å². The van der Waals surface area contributed by atoms with E-state index in [-0.39, 0.29) is 10.8 Å². The molecule has 6 rings (SSSR count). The van der Waals surface area contributed by atoms with Gasteiger partial charge in [-0.25, -0.2) is 0 Å². The van der Waals surface area contributed by atoms with E-state index in [1.807, 2.05) is 18.3 Å². The summed E-state index contributed by atoms with van der Waals surface area (Å²) in [6, 6.07) is 37.1. The predicted octanol–water partition coefficient (Wildman–Crippen LogP) is 9.20. The standard InChI is InChI=1S/C38H39N3/c1-36(2,3)27-19-21-32-29(24-27)38(34-17-11-12-23-39-34,30-25-28(37(4,5)6)20-22-33(30)41(32)7)35-18-13-16-31(40-35)26-14-9-8-10-15-26/h8-25H,1-7H3. The molecular weight excluding hydrogens is 498 g/mol. The number of hydrogen-bond acceptors (Lipinski definition) is 3. The molecule has 0 unspecified atom stereocenters. The van der Waals surface area contributed by atoms with Crippen molar-refractivity contribution in [3.8, 4) is 11.3 Å². The molecule has 0 N–H and O–H groups in total. The molecule has 206 valence electrons. The average molecular weight is 538 g/mol. The number of anilines is 2. The minimum atomic E-state index is -0.717. The van der Waals surface area contributed by atoms with Crippen LogP contribution in [0, 0.1) is 0 Å². The highest BCUT2D eigenvalue weighted by molar-refractivity contribution is 5.83. The number of benzene rings is 3. The van der Waals surface area contributed by atoms with Gasteiger partial charge in [-0.15, -0.1) is 0 Å². The van der Waals surface area contributed by atoms with Gasteiger partial charge < -0.3 is 4.90 Å². The molecule has 0 amide bonds. The molecule has 0 radical (unpaired) electrons. The van der Waals surface area contributed by atoms with E-state index in [1.165, 1.54) is 33.6 Å². The van der Waals surface area contributed by atoms with Gasteiger partial charge in [0, 0.05) is 30.2 Å². The van der Waals surface area contributed by atoms with E-state index in [0.29, 0.717) is 0 Å². The van der Waals surface area contributed by atoms with Crippen LogP contribution in [0.4, 0.5) is 11.4 Å². The molecule has 41 heavy (non-hydrogen) atoms. The summed E-state index contributed by atoms with van der Waals surface area (Å²) in [5.41, 5.74) is 10.6. The van der Waals surface area contributed by atoms with E-state index in [9.17, 15) is 0 Å². The Kier molecular flexibility index (Phi) is 6.37. The van der Waals surface area contributed by atoms with Crippen molar-refractivity contribution in [3.05, 3.63) is 143 Å². The Morgan fingerprint density at radius 2 is 1.15 bits per heavy atom. The van der Waals surface area contributed by atoms with E-state index in [1.54, 1.807) is 0 Å². The van der Waals surface area contributed by atoms with E-state index in [2.05, 4.69) is 144 Å². The normalized spacial score (nSPS) is 14.4. The molecule has 3 heteroatoms. The maximum Gasteiger partial charge on any atom is 0.108 e. The maximum atomic E-state index is 5.46. The first kappa shape index (κ1) is 27.0. The zero-order chi connectivity index (χ0) is 29.0. The summed E-state index contributed by atoms with van der Waals surface area (Å²) in [7, 11) is 2.18. The predicted molar refractivity (Wildman–Crippen MR) is 171 cm³/mol. The van der Waals surface area contributed by atoms with Gasteiger partial charge in [0.05, 0.1) is 17.1 Å². The summed E-state index contributed by atoms with van der Waals surface area (Å²) in [5, 5.41) is 0. The van der Waals surface area contributed by atoms with Crippen molar-refractivity contribution in [2.75, 3.05) is 11.9 Å². The minimum Gasteiger partial charge on any atom is -0.344 e. The first-order valence-electron chi connectivity index (χ1n) is 14.5. The number of nitrogens with zero attached hydrogens (tertiary/aromatic N) is 3. The van der Waals surface area contributed by atoms with Gasteiger partial charge >= 0.3 is 0 Å². The molecule has 3 nitrogen and oxygen atoms in total. The van der Waals surface area contributed by atoms with Crippen molar-refractivity contribution in [2.24, 2.45) is 0 Å². The lowest BCUT2D eigenvalue weighted by Gasteiger charge is -2.45. The van der Waals surface area contributed by atoms with Crippen LogP contribution in [0.25, 0.3) is 11.3 Å². The molecule has 0 bridgehead atoms. The molecule has 0 fully saturated rings. The summed E-state index contributed by atoms with van der Waals surface area (Å²) in [6.45, 7) is 13.7. The van der Waals surface area contributed by atoms with Crippen molar-refractivity contribution in [1.29, 1.82) is 0 Å². The Labute approximate surface area is 245 Å². The second-order valence-corrected chi connectivity index (χ2v) is 13.3. The Bertz CT molecular complexity index is 1640. The molecule has 0 aliphatic carbocycles. The average Bonchev–Trinajstić information content (AvgIpc) is 2.97. The van der Waals surface area contributed by atoms with Gasteiger partial charge in [-0.1, -0.05) is 108 Å². The summed E-state index contributed by atoms with van der Waals surface area (Å²) in [6.07, 6.45) is 1.91. The second kappa shape index (κ2) is 9.69. The topological polar surface area (TPSA) is 29.0 Å². The highest BCUT2D eigenvalue weighted by atomic mass is 15.1. The fraction of sp³-hybridized carbons (Fsp3) is 0.263. The molecule has 5 aromatic rings. The van der Waals surface area contributed by atoms with E-state index in [4.69, 9.17) is 9.97 Å². The quantitative estimate of drug-likeness (QED) is 0.230. The van der Waals surface area contributed by atoms with Crippen LogP contribution in [0.3, 0.4) is 0 Å². The first-order chi connectivity index (χ1) is 19.5. The van der Waals surface area contributed by atoms with Crippen LogP contribution < -0.4 is 4.90 Å². The minimum absolute atomic E-state index is 0.0176. The lowest BCUT2D eigenvalue weighted by molar-refractivity contribution is 0.580. The third-order valence-corrected chi connectivity index (χ3v) is 8.51. The summed E-state index contributed by atoms with van der Waals surface area (Å²) in [4.78, 5) is 12.9. The van der Waals surface area contributed by atoms with Crippen LogP contribution in [0.2, 0.25) is 0 Å². The molecule has 2 aromatic heterocycles. The van der Waals surface area contributed by atoms with Gasteiger partial charge in [-0.3, -0.25) is 9.97 Å². The zero-order valence-electron chi connectivity index (χ0n) is 25.2. The largest absolute Gasteiger partial charge is 0.344 e. The molecule has 0 saturated heterocycles. The molecule has 0 atom stereocenters. The van der Waals surface area contributed by atoms with Gasteiger partial charge in [-0.2, -0.15) is 0 Å². The summed E-state index contributed by atoms with van der Waals surface area (Å²) in [5.74, 6) is 0. The van der Waals surface area contributed by atoms with Crippen molar-refractivity contribution >= 4 is 11.4 Å². The Morgan fingerprint density at radius 3 is 1.68 bits per heavy atom. The SMILES string of the molecule is CN1c2ccc(C(C)(C)C)cc2C(c2ccccn2)(c2cccc(-c3ccccc3)n2)c2cc(C(C)(C)C)ccc21. The molecule has 3 aromatic carbocycles. The lowest BCUT2D eigenvalue weighted by Crippen LogP contribution is -2.40. The second-order valence-electron chi connectivity index (χ2n) is 13.3. The van der Waals surface area contributed by atoms with Gasteiger partial charge in [0.2, 0.25) is 0 Å². The molecular formula is C38H39N3. The smallest absolute Gasteiger partial charge is 0.108 e. The first-order valence-corrected chi connectivity index (χ1v) is 14.5. The fourth-order valence-electron chi connectivity index (χ4n) is 6.15. The highest BCUT2D eigenvalue weighted by Crippen LogP contribution is 2.56. The van der Waals surface area contributed by atoms with E-state index in [0.717, 1.165) is 22.6 Å². The Hall–Kier alpha value is -4.24. The number of fused-ring (bicyclic) bond motifs is 2. The van der Waals surface area contributed by atoms with Gasteiger partial charge in [0.25, 0.3) is 0 Å². The van der Waals surface area contributed by atoms with Crippen LogP contribution >= 0.6 is 0 Å². The van der Waals surface area contributed by atoms with Gasteiger partial charge in [0.1, 0.15) is 5.41 Å². The van der Waals surface area contributed by atoms with Crippen molar-refractivity contribution < 1.29 is 0 Å². The van der Waals surface area contributed by atoms with E-state index >= 15 is 0 Å². The molecule has 1 aliphatic heterocycles. The van der Waals surface area contributed by atoms with Gasteiger partial charge in [0.15, 0.2) is 0 Å². The Morgan fingerprint density at radius 1 is 0.585 bits per heavy atom. The monoisotopic (exact) mass is 537 g/mol. The Balaban J connectivity index is 1.79. The zero-order valence-corrected chi connectivity index (χ0v) is 25.2. The van der Waals surface area contributed by atoms with Crippen LogP contribution in [-0.4, -0.2) is 17.0 Å². The number of aromatic nitrogens is 2. The number of pyridine rings is 2. The molecule has 0 spiro atoms. The summed E-state index contributed by atoms with van der Waals surface area (Å²) >= 11 is 0. The number of rotatable bonds is 3.